The van der Waals surface area contributed by atoms with E-state index in [0.717, 1.165) is 18.4 Å². The minimum atomic E-state index is -0.124. The van der Waals surface area contributed by atoms with Crippen LogP contribution in [0.2, 0.25) is 0 Å². The number of hydrogen-bond acceptors (Lipinski definition) is 4. The highest BCUT2D eigenvalue weighted by Crippen LogP contribution is 2.43. The highest BCUT2D eigenvalue weighted by Gasteiger charge is 2.24. The second kappa shape index (κ2) is 6.43. The zero-order chi connectivity index (χ0) is 17.4. The largest absolute Gasteiger partial charge is 0.312 e. The Morgan fingerprint density at radius 2 is 2.25 bits per heavy atom. The summed E-state index contributed by atoms with van der Waals surface area (Å²) in [5, 5.41) is 0.292. The number of thioether (sulfide) groups is 1. The summed E-state index contributed by atoms with van der Waals surface area (Å²) >= 11 is 1.81. The minimum Gasteiger partial charge on any atom is -0.312 e. The molecule has 5 nitrogen and oxygen atoms in total. The number of nitrogens with zero attached hydrogens (tertiary/aromatic N) is 3. The van der Waals surface area contributed by atoms with Gasteiger partial charge in [0, 0.05) is 24.7 Å². The van der Waals surface area contributed by atoms with Crippen molar-refractivity contribution >= 4 is 35.3 Å². The van der Waals surface area contributed by atoms with Crippen molar-refractivity contribution in [3.05, 3.63) is 40.7 Å². The fraction of sp³-hybridized carbons (Fsp3) is 0.389. The zero-order valence-electron chi connectivity index (χ0n) is 14.3. The molecule has 1 amide bonds. The number of imidazole rings is 1. The first-order chi connectivity index (χ1) is 11.4. The van der Waals surface area contributed by atoms with Crippen LogP contribution in [0.15, 0.2) is 29.4 Å². The summed E-state index contributed by atoms with van der Waals surface area (Å²) in [6.45, 7) is 5.83. The molecule has 3 rings (SSSR count). The lowest BCUT2D eigenvalue weighted by molar-refractivity contribution is -0.121. The van der Waals surface area contributed by atoms with Crippen molar-refractivity contribution in [1.29, 1.82) is 0 Å². The first kappa shape index (κ1) is 16.8. The predicted octanol–water partition coefficient (Wildman–Crippen LogP) is 3.85. The SMILES string of the molecule is CC1=CCC(c2cnc3c(N(C)C(=O)C(C)C)cc(C=O)cn23)S1. The first-order valence-corrected chi connectivity index (χ1v) is 8.87. The Labute approximate surface area is 145 Å². The Hall–Kier alpha value is -2.08. The summed E-state index contributed by atoms with van der Waals surface area (Å²) in [5.74, 6) is -0.126. The van der Waals surface area contributed by atoms with E-state index in [-0.39, 0.29) is 11.8 Å². The third-order valence-electron chi connectivity index (χ3n) is 4.24. The number of hydrogen-bond donors (Lipinski definition) is 0. The number of aromatic nitrogens is 2. The average molecular weight is 343 g/mol. The molecule has 0 aliphatic carbocycles. The van der Waals surface area contributed by atoms with Gasteiger partial charge in [0.1, 0.15) is 0 Å². The van der Waals surface area contributed by atoms with Gasteiger partial charge in [0.2, 0.25) is 5.91 Å². The Balaban J connectivity index is 2.12. The van der Waals surface area contributed by atoms with Crippen molar-refractivity contribution in [2.24, 2.45) is 5.92 Å². The van der Waals surface area contributed by atoms with E-state index in [1.54, 1.807) is 24.2 Å². The molecule has 0 aromatic carbocycles. The quantitative estimate of drug-likeness (QED) is 0.791. The Morgan fingerprint density at radius 1 is 1.50 bits per heavy atom. The van der Waals surface area contributed by atoms with Gasteiger partial charge in [-0.25, -0.2) is 4.98 Å². The number of allylic oxidation sites excluding steroid dienone is 2. The topological polar surface area (TPSA) is 54.7 Å². The monoisotopic (exact) mass is 343 g/mol. The number of pyridine rings is 1. The molecule has 2 aromatic rings. The lowest BCUT2D eigenvalue weighted by Crippen LogP contribution is -2.30. The Bertz CT molecular complexity index is 838. The number of amides is 1. The molecular weight excluding hydrogens is 322 g/mol. The summed E-state index contributed by atoms with van der Waals surface area (Å²) in [4.78, 5) is 31.2. The van der Waals surface area contributed by atoms with Crippen LogP contribution in [0.1, 0.15) is 48.5 Å². The summed E-state index contributed by atoms with van der Waals surface area (Å²) in [7, 11) is 1.73. The smallest absolute Gasteiger partial charge is 0.229 e. The Kier molecular flexibility index (Phi) is 4.49. The standard InChI is InChI=1S/C18H21N3O2S/c1-11(2)18(23)20(4)14-7-13(10-22)9-21-15(8-19-17(14)21)16-6-5-12(3)24-16/h5,7-11,16H,6H2,1-4H3. The highest BCUT2D eigenvalue weighted by atomic mass is 32.2. The molecule has 1 aliphatic rings. The van der Waals surface area contributed by atoms with Crippen LogP contribution in [0, 0.1) is 5.92 Å². The molecule has 126 valence electrons. The molecule has 0 spiro atoms. The molecule has 0 radical (unpaired) electrons. The van der Waals surface area contributed by atoms with E-state index in [0.29, 0.717) is 22.1 Å². The van der Waals surface area contributed by atoms with Crippen LogP contribution in [0.3, 0.4) is 0 Å². The normalized spacial score (nSPS) is 17.4. The van der Waals surface area contributed by atoms with E-state index in [9.17, 15) is 9.59 Å². The van der Waals surface area contributed by atoms with Gasteiger partial charge in [-0.2, -0.15) is 0 Å². The Morgan fingerprint density at radius 3 is 2.83 bits per heavy atom. The van der Waals surface area contributed by atoms with Gasteiger partial charge in [-0.1, -0.05) is 19.9 Å². The molecule has 3 heterocycles. The van der Waals surface area contributed by atoms with Gasteiger partial charge in [-0.3, -0.25) is 9.59 Å². The number of carbonyl (C=O) groups excluding carboxylic acids is 2. The van der Waals surface area contributed by atoms with Crippen molar-refractivity contribution in [1.82, 2.24) is 9.38 Å². The van der Waals surface area contributed by atoms with Crippen LogP contribution in [0.4, 0.5) is 5.69 Å². The van der Waals surface area contributed by atoms with Crippen LogP contribution in [-0.4, -0.2) is 28.6 Å². The van der Waals surface area contributed by atoms with Gasteiger partial charge in [0.25, 0.3) is 0 Å². The van der Waals surface area contributed by atoms with Gasteiger partial charge >= 0.3 is 0 Å². The van der Waals surface area contributed by atoms with E-state index in [1.807, 2.05) is 36.2 Å². The molecule has 6 heteroatoms. The molecule has 0 fully saturated rings. The van der Waals surface area contributed by atoms with E-state index in [1.165, 1.54) is 4.91 Å². The van der Waals surface area contributed by atoms with Crippen molar-refractivity contribution in [3.63, 3.8) is 0 Å². The third kappa shape index (κ3) is 2.86. The molecule has 24 heavy (non-hydrogen) atoms. The number of fused-ring (bicyclic) bond motifs is 1. The van der Waals surface area contributed by atoms with Gasteiger partial charge in [-0.05, 0) is 24.3 Å². The number of anilines is 1. The summed E-state index contributed by atoms with van der Waals surface area (Å²) in [6, 6.07) is 1.73. The highest BCUT2D eigenvalue weighted by molar-refractivity contribution is 8.03. The molecule has 1 unspecified atom stereocenters. The predicted molar refractivity (Wildman–Crippen MR) is 97.5 cm³/mol. The first-order valence-electron chi connectivity index (χ1n) is 7.99. The van der Waals surface area contributed by atoms with Crippen molar-refractivity contribution in [2.45, 2.75) is 32.4 Å². The van der Waals surface area contributed by atoms with Gasteiger partial charge in [-0.15, -0.1) is 11.8 Å². The van der Waals surface area contributed by atoms with Gasteiger partial charge < -0.3 is 9.30 Å². The fourth-order valence-corrected chi connectivity index (χ4v) is 4.07. The van der Waals surface area contributed by atoms with Crippen LogP contribution in [0.5, 0.6) is 0 Å². The molecule has 2 aromatic heterocycles. The zero-order valence-corrected chi connectivity index (χ0v) is 15.1. The molecule has 0 N–H and O–H groups in total. The lowest BCUT2D eigenvalue weighted by atomic mass is 10.1. The van der Waals surface area contributed by atoms with Crippen molar-refractivity contribution < 1.29 is 9.59 Å². The second-order valence-corrected chi connectivity index (χ2v) is 7.81. The summed E-state index contributed by atoms with van der Waals surface area (Å²) < 4.78 is 1.95. The summed E-state index contributed by atoms with van der Waals surface area (Å²) in [6.07, 6.45) is 7.63. The van der Waals surface area contributed by atoms with Crippen LogP contribution in [-0.2, 0) is 4.79 Å². The number of rotatable bonds is 4. The van der Waals surface area contributed by atoms with E-state index in [2.05, 4.69) is 18.0 Å². The maximum Gasteiger partial charge on any atom is 0.229 e. The van der Waals surface area contributed by atoms with Crippen molar-refractivity contribution in [3.8, 4) is 0 Å². The molecule has 0 saturated heterocycles. The fourth-order valence-electron chi connectivity index (χ4n) is 2.94. The van der Waals surface area contributed by atoms with Crippen LogP contribution < -0.4 is 4.90 Å². The van der Waals surface area contributed by atoms with E-state index in [4.69, 9.17) is 0 Å². The molecule has 0 bridgehead atoms. The minimum absolute atomic E-state index is 0.00254. The molecule has 1 atom stereocenters. The third-order valence-corrected chi connectivity index (χ3v) is 5.49. The van der Waals surface area contributed by atoms with Gasteiger partial charge in [0.15, 0.2) is 11.9 Å². The van der Waals surface area contributed by atoms with E-state index >= 15 is 0 Å². The average Bonchev–Trinajstić information content (AvgIpc) is 3.17. The number of aldehydes is 1. The molecular formula is C18H21N3O2S. The van der Waals surface area contributed by atoms with Crippen LogP contribution >= 0.6 is 11.8 Å². The lowest BCUT2D eigenvalue weighted by Gasteiger charge is -2.21. The molecule has 0 saturated carbocycles. The van der Waals surface area contributed by atoms with Gasteiger partial charge in [0.05, 0.1) is 22.8 Å². The second-order valence-electron chi connectivity index (χ2n) is 6.36. The van der Waals surface area contributed by atoms with E-state index < -0.39 is 0 Å². The van der Waals surface area contributed by atoms with Crippen molar-refractivity contribution in [2.75, 3.05) is 11.9 Å². The molecule has 1 aliphatic heterocycles. The van der Waals surface area contributed by atoms with Crippen LogP contribution in [0.25, 0.3) is 5.65 Å². The summed E-state index contributed by atoms with van der Waals surface area (Å²) in [5.41, 5.74) is 2.96. The maximum atomic E-state index is 12.4. The number of carbonyl (C=O) groups is 2. The maximum absolute atomic E-state index is 12.4.